The van der Waals surface area contributed by atoms with Crippen LogP contribution in [0, 0.1) is 11.8 Å². The number of hydrogen-bond donors (Lipinski definition) is 2. The van der Waals surface area contributed by atoms with E-state index in [0.717, 1.165) is 24.4 Å². The number of piperidine rings is 4. The summed E-state index contributed by atoms with van der Waals surface area (Å²) in [6.45, 7) is 3.26. The minimum absolute atomic E-state index is 0.127. The highest BCUT2D eigenvalue weighted by Gasteiger charge is 2.73. The zero-order chi connectivity index (χ0) is 16.2. The lowest BCUT2D eigenvalue weighted by molar-refractivity contribution is -0.0318. The van der Waals surface area contributed by atoms with Crippen LogP contribution < -0.4 is 10.1 Å². The molecular weight excluding hydrogens is 300 g/mol. The standard InChI is InChI=1S/C20H24N2O2/c1-3-10-9-22-13-7-11(10)16-14(22)8-20(19(16)23)12-5-4-6-15(24-2)17(12)21-18(13)20/h3-6,11,13-14,16,18-19,21,23H,7-9H2,1-2H3/t11-,13-,14-,16-,18-,19+,20+/m0/s1. The third-order valence-corrected chi connectivity index (χ3v) is 7.89. The van der Waals surface area contributed by atoms with E-state index in [0.29, 0.717) is 30.0 Å². The zero-order valence-corrected chi connectivity index (χ0v) is 14.2. The Labute approximate surface area is 142 Å². The number of para-hydroxylation sites is 1. The molecule has 126 valence electrons. The number of nitrogens with zero attached hydrogens (tertiary/aromatic N) is 1. The van der Waals surface area contributed by atoms with E-state index in [-0.39, 0.29) is 11.5 Å². The molecule has 1 aromatic carbocycles. The summed E-state index contributed by atoms with van der Waals surface area (Å²) in [6.07, 6.45) is 4.31. The van der Waals surface area contributed by atoms with E-state index in [1.54, 1.807) is 12.7 Å². The van der Waals surface area contributed by atoms with Gasteiger partial charge in [-0.1, -0.05) is 23.8 Å². The molecule has 5 aliphatic heterocycles. The van der Waals surface area contributed by atoms with Crippen molar-refractivity contribution in [3.63, 3.8) is 0 Å². The second kappa shape index (κ2) is 4.17. The monoisotopic (exact) mass is 324 g/mol. The molecule has 4 heteroatoms. The van der Waals surface area contributed by atoms with E-state index in [9.17, 15) is 5.11 Å². The van der Waals surface area contributed by atoms with E-state index in [4.69, 9.17) is 4.74 Å². The molecule has 1 spiro atoms. The topological polar surface area (TPSA) is 44.7 Å². The van der Waals surface area contributed by atoms with Gasteiger partial charge in [-0.3, -0.25) is 4.90 Å². The number of aliphatic hydroxyl groups excluding tert-OH is 1. The molecule has 2 N–H and O–H groups in total. The number of aliphatic hydroxyl groups is 1. The first-order chi connectivity index (χ1) is 11.7. The molecule has 24 heavy (non-hydrogen) atoms. The Morgan fingerprint density at radius 2 is 2.25 bits per heavy atom. The molecular formula is C20H24N2O2. The van der Waals surface area contributed by atoms with Gasteiger partial charge in [-0.15, -0.1) is 0 Å². The van der Waals surface area contributed by atoms with Crippen molar-refractivity contribution in [1.82, 2.24) is 4.90 Å². The molecule has 4 nitrogen and oxygen atoms in total. The highest BCUT2D eigenvalue weighted by Crippen LogP contribution is 2.67. The first kappa shape index (κ1) is 13.7. The molecule has 7 rings (SSSR count). The van der Waals surface area contributed by atoms with Crippen molar-refractivity contribution in [2.24, 2.45) is 11.8 Å². The van der Waals surface area contributed by atoms with E-state index in [2.05, 4.69) is 35.3 Å². The molecule has 1 aromatic rings. The van der Waals surface area contributed by atoms with Crippen molar-refractivity contribution in [3.05, 3.63) is 35.4 Å². The summed E-state index contributed by atoms with van der Waals surface area (Å²) >= 11 is 0. The number of ether oxygens (including phenoxy) is 1. The number of hydrogen-bond acceptors (Lipinski definition) is 4. The Hall–Kier alpha value is -1.52. The second-order valence-corrected chi connectivity index (χ2v) is 8.28. The number of rotatable bonds is 1. The molecule has 6 aliphatic rings. The minimum atomic E-state index is -0.261. The van der Waals surface area contributed by atoms with Crippen LogP contribution in [0.4, 0.5) is 5.69 Å². The Morgan fingerprint density at radius 1 is 1.38 bits per heavy atom. The molecule has 1 saturated carbocycles. The highest BCUT2D eigenvalue weighted by atomic mass is 16.5. The Kier molecular flexibility index (Phi) is 2.39. The molecule has 0 amide bonds. The van der Waals surface area contributed by atoms with E-state index in [1.165, 1.54) is 12.0 Å². The van der Waals surface area contributed by atoms with Crippen molar-refractivity contribution in [3.8, 4) is 5.75 Å². The average molecular weight is 324 g/mol. The molecule has 5 heterocycles. The van der Waals surface area contributed by atoms with Crippen LogP contribution >= 0.6 is 0 Å². The second-order valence-electron chi connectivity index (χ2n) is 8.28. The Balaban J connectivity index is 1.58. The summed E-state index contributed by atoms with van der Waals surface area (Å²) in [5.74, 6) is 1.88. The summed E-state index contributed by atoms with van der Waals surface area (Å²) < 4.78 is 5.61. The summed E-state index contributed by atoms with van der Waals surface area (Å²) in [6, 6.07) is 7.71. The van der Waals surface area contributed by atoms with Gasteiger partial charge in [0.05, 0.1) is 24.9 Å². The maximum absolute atomic E-state index is 11.6. The molecule has 0 radical (unpaired) electrons. The van der Waals surface area contributed by atoms with Crippen LogP contribution in [0.3, 0.4) is 0 Å². The van der Waals surface area contributed by atoms with E-state index < -0.39 is 0 Å². The van der Waals surface area contributed by atoms with Gasteiger partial charge in [0.1, 0.15) is 5.75 Å². The van der Waals surface area contributed by atoms with Crippen LogP contribution in [-0.2, 0) is 5.41 Å². The van der Waals surface area contributed by atoms with Crippen molar-refractivity contribution in [2.45, 2.75) is 49.4 Å². The zero-order valence-electron chi connectivity index (χ0n) is 14.2. The van der Waals surface area contributed by atoms with Crippen LogP contribution in [-0.4, -0.2) is 47.9 Å². The van der Waals surface area contributed by atoms with Crippen molar-refractivity contribution < 1.29 is 9.84 Å². The van der Waals surface area contributed by atoms with Crippen LogP contribution in [0.15, 0.2) is 29.8 Å². The Morgan fingerprint density at radius 3 is 3.04 bits per heavy atom. The van der Waals surface area contributed by atoms with Gasteiger partial charge < -0.3 is 15.2 Å². The average Bonchev–Trinajstić information content (AvgIpc) is 3.08. The molecule has 5 bridgehead atoms. The fourth-order valence-corrected chi connectivity index (χ4v) is 7.09. The summed E-state index contributed by atoms with van der Waals surface area (Å²) in [5, 5.41) is 15.4. The predicted molar refractivity (Wildman–Crippen MR) is 92.3 cm³/mol. The van der Waals surface area contributed by atoms with Crippen LogP contribution in [0.2, 0.25) is 0 Å². The first-order valence-electron chi connectivity index (χ1n) is 9.23. The number of methoxy groups -OCH3 is 1. The van der Waals surface area contributed by atoms with E-state index in [1.807, 2.05) is 6.07 Å². The van der Waals surface area contributed by atoms with Crippen LogP contribution in [0.25, 0.3) is 0 Å². The van der Waals surface area contributed by atoms with Crippen LogP contribution in [0.1, 0.15) is 25.3 Å². The van der Waals surface area contributed by atoms with Gasteiger partial charge in [-0.25, -0.2) is 0 Å². The SMILES string of the molecule is CC=C1CN2[C@H]3C[C@@]45c6cccc(OC)c6N[C@H]4[C@@H]2C[C@@H]1[C@@H]3[C@H]5O. The maximum Gasteiger partial charge on any atom is 0.142 e. The lowest BCUT2D eigenvalue weighted by atomic mass is 9.65. The smallest absolute Gasteiger partial charge is 0.142 e. The number of allylic oxidation sites excluding steroid dienone is 1. The molecule has 8 atom stereocenters. The lowest BCUT2D eigenvalue weighted by Gasteiger charge is -2.57. The van der Waals surface area contributed by atoms with Crippen molar-refractivity contribution >= 4 is 5.69 Å². The normalized spacial score (nSPS) is 50.8. The third kappa shape index (κ3) is 1.23. The molecule has 5 fully saturated rings. The summed E-state index contributed by atoms with van der Waals surface area (Å²) in [7, 11) is 1.74. The fourth-order valence-electron chi connectivity index (χ4n) is 7.09. The number of benzene rings is 1. The van der Waals surface area contributed by atoms with Crippen molar-refractivity contribution in [1.29, 1.82) is 0 Å². The molecule has 0 aromatic heterocycles. The summed E-state index contributed by atoms with van der Waals surface area (Å²) in [5.41, 5.74) is 3.84. The molecule has 1 aliphatic carbocycles. The molecule has 1 unspecified atom stereocenters. The van der Waals surface area contributed by atoms with Gasteiger partial charge in [0.15, 0.2) is 0 Å². The fraction of sp³-hybridized carbons (Fsp3) is 0.600. The number of fused-ring (bicyclic) bond motifs is 2. The highest BCUT2D eigenvalue weighted by molar-refractivity contribution is 5.72. The van der Waals surface area contributed by atoms with Crippen LogP contribution in [0.5, 0.6) is 5.75 Å². The van der Waals surface area contributed by atoms with Gasteiger partial charge >= 0.3 is 0 Å². The number of anilines is 1. The first-order valence-corrected chi connectivity index (χ1v) is 9.23. The number of nitrogens with one attached hydrogen (secondary N) is 1. The third-order valence-electron chi connectivity index (χ3n) is 7.89. The van der Waals surface area contributed by atoms with Gasteiger partial charge in [0.2, 0.25) is 0 Å². The Bertz CT molecular complexity index is 775. The van der Waals surface area contributed by atoms with Crippen molar-refractivity contribution in [2.75, 3.05) is 19.0 Å². The maximum atomic E-state index is 11.6. The predicted octanol–water partition coefficient (Wildman–Crippen LogP) is 2.14. The summed E-state index contributed by atoms with van der Waals surface area (Å²) in [4.78, 5) is 2.70. The largest absolute Gasteiger partial charge is 0.495 e. The van der Waals surface area contributed by atoms with Gasteiger partial charge in [-0.05, 0) is 37.3 Å². The molecule has 4 saturated heterocycles. The van der Waals surface area contributed by atoms with E-state index >= 15 is 0 Å². The quantitative estimate of drug-likeness (QED) is 0.777. The lowest BCUT2D eigenvalue weighted by Crippen LogP contribution is -2.66. The van der Waals surface area contributed by atoms with Gasteiger partial charge in [0, 0.05) is 30.0 Å². The van der Waals surface area contributed by atoms with Gasteiger partial charge in [-0.2, -0.15) is 0 Å². The minimum Gasteiger partial charge on any atom is -0.495 e. The van der Waals surface area contributed by atoms with Gasteiger partial charge in [0.25, 0.3) is 0 Å².